The normalized spacial score (nSPS) is 17.7. The Balaban J connectivity index is 2.06. The number of amides is 2. The van der Waals surface area contributed by atoms with Crippen LogP contribution in [0.5, 0.6) is 0 Å². The van der Waals surface area contributed by atoms with Crippen LogP contribution in [0.15, 0.2) is 0 Å². The van der Waals surface area contributed by atoms with Gasteiger partial charge in [0.2, 0.25) is 0 Å². The van der Waals surface area contributed by atoms with Crippen molar-refractivity contribution < 1.29 is 14.7 Å². The van der Waals surface area contributed by atoms with Crippen LogP contribution in [0.1, 0.15) is 12.8 Å². The summed E-state index contributed by atoms with van der Waals surface area (Å²) in [4.78, 5) is 23.9. The van der Waals surface area contributed by atoms with Gasteiger partial charge in [-0.2, -0.15) is 0 Å². The number of rotatable bonds is 5. The van der Waals surface area contributed by atoms with Crippen LogP contribution in [-0.4, -0.2) is 66.8 Å². The summed E-state index contributed by atoms with van der Waals surface area (Å²) >= 11 is 0. The lowest BCUT2D eigenvalue weighted by molar-refractivity contribution is -0.137. The lowest BCUT2D eigenvalue weighted by atomic mass is 10.3. The fourth-order valence-corrected chi connectivity index (χ4v) is 1.54. The van der Waals surface area contributed by atoms with Crippen molar-refractivity contribution >= 4 is 12.0 Å². The molecule has 0 aromatic rings. The first-order valence-electron chi connectivity index (χ1n) is 5.77. The van der Waals surface area contributed by atoms with Crippen LogP contribution >= 0.6 is 0 Å². The third-order valence-corrected chi connectivity index (χ3v) is 2.62. The second kappa shape index (κ2) is 7.08. The molecule has 0 aromatic carbocycles. The molecule has 1 heterocycles. The summed E-state index contributed by atoms with van der Waals surface area (Å²) < 4.78 is 0. The molecule has 1 rings (SSSR count). The van der Waals surface area contributed by atoms with E-state index in [4.69, 9.17) is 5.11 Å². The third kappa shape index (κ3) is 6.08. The van der Waals surface area contributed by atoms with Crippen molar-refractivity contribution in [3.63, 3.8) is 0 Å². The second-order valence-electron chi connectivity index (χ2n) is 4.16. The lowest BCUT2D eigenvalue weighted by Gasteiger charge is -2.32. The van der Waals surface area contributed by atoms with E-state index in [9.17, 15) is 9.59 Å². The van der Waals surface area contributed by atoms with E-state index in [0.717, 1.165) is 26.2 Å². The molecule has 0 unspecified atom stereocenters. The lowest BCUT2D eigenvalue weighted by Crippen LogP contribution is -2.54. The zero-order chi connectivity index (χ0) is 12.7. The molecule has 0 radical (unpaired) electrons. The number of aliphatic carboxylic acids is 1. The first kappa shape index (κ1) is 13.7. The highest BCUT2D eigenvalue weighted by Crippen LogP contribution is 1.95. The molecule has 17 heavy (non-hydrogen) atoms. The monoisotopic (exact) mass is 244 g/mol. The fraction of sp³-hybridized carbons (Fsp3) is 0.800. The number of likely N-dealkylation sites (N-methyl/N-ethyl adjacent to an activating group) is 1. The molecule has 0 spiro atoms. The molecule has 0 aliphatic carbocycles. The highest BCUT2D eigenvalue weighted by molar-refractivity contribution is 5.73. The maximum atomic E-state index is 11.4. The molecule has 98 valence electrons. The van der Waals surface area contributed by atoms with Gasteiger partial charge in [0.05, 0.1) is 0 Å². The zero-order valence-corrected chi connectivity index (χ0v) is 10.1. The van der Waals surface area contributed by atoms with Crippen molar-refractivity contribution in [2.75, 3.05) is 39.8 Å². The number of carboxylic acids is 1. The minimum atomic E-state index is -0.841. The van der Waals surface area contributed by atoms with E-state index in [2.05, 4.69) is 15.6 Å². The van der Waals surface area contributed by atoms with E-state index in [0.29, 0.717) is 13.0 Å². The molecule has 0 aromatic heterocycles. The largest absolute Gasteiger partial charge is 0.481 e. The molecule has 1 aliphatic rings. The van der Waals surface area contributed by atoms with Crippen molar-refractivity contribution in [3.05, 3.63) is 0 Å². The Hall–Kier alpha value is -1.34. The molecule has 1 fully saturated rings. The summed E-state index contributed by atoms with van der Waals surface area (Å²) in [6.07, 6.45) is 0.528. The minimum Gasteiger partial charge on any atom is -0.481 e. The summed E-state index contributed by atoms with van der Waals surface area (Å²) in [5.41, 5.74) is 2.74. The summed E-state index contributed by atoms with van der Waals surface area (Å²) in [7, 11) is 2.04. The van der Waals surface area contributed by atoms with Gasteiger partial charge in [-0.1, -0.05) is 0 Å². The number of nitrogens with one attached hydrogen (secondary N) is 2. The molecule has 7 nitrogen and oxygen atoms in total. The van der Waals surface area contributed by atoms with Gasteiger partial charge in [-0.15, -0.1) is 0 Å². The maximum absolute atomic E-state index is 11.4. The Bertz CT molecular complexity index is 264. The molecular weight excluding hydrogens is 224 g/mol. The van der Waals surface area contributed by atoms with Gasteiger partial charge >= 0.3 is 12.0 Å². The average Bonchev–Trinajstić information content (AvgIpc) is 2.27. The van der Waals surface area contributed by atoms with Crippen LogP contribution < -0.4 is 10.7 Å². The molecule has 2 amide bonds. The molecule has 1 aliphatic heterocycles. The van der Waals surface area contributed by atoms with Gasteiger partial charge in [0.25, 0.3) is 0 Å². The van der Waals surface area contributed by atoms with Crippen molar-refractivity contribution in [1.29, 1.82) is 0 Å². The van der Waals surface area contributed by atoms with E-state index in [1.165, 1.54) is 0 Å². The molecule has 3 N–H and O–H groups in total. The fourth-order valence-electron chi connectivity index (χ4n) is 1.54. The van der Waals surface area contributed by atoms with Crippen molar-refractivity contribution in [3.8, 4) is 0 Å². The highest BCUT2D eigenvalue weighted by Gasteiger charge is 2.15. The molecule has 0 saturated carbocycles. The van der Waals surface area contributed by atoms with E-state index < -0.39 is 5.97 Å². The summed E-state index contributed by atoms with van der Waals surface area (Å²) in [6, 6.07) is -0.264. The van der Waals surface area contributed by atoms with Crippen molar-refractivity contribution in [2.24, 2.45) is 0 Å². The SMILES string of the molecule is CN1CCN(NC(=O)NCCCC(=O)O)CC1. The van der Waals surface area contributed by atoms with E-state index in [-0.39, 0.29) is 12.5 Å². The zero-order valence-electron chi connectivity index (χ0n) is 10.1. The summed E-state index contributed by atoms with van der Waals surface area (Å²) in [5, 5.41) is 12.9. The predicted molar refractivity (Wildman–Crippen MR) is 62.5 cm³/mol. The molecule has 0 bridgehead atoms. The summed E-state index contributed by atoms with van der Waals surface area (Å²) in [6.45, 7) is 3.85. The Morgan fingerprint density at radius 1 is 1.24 bits per heavy atom. The van der Waals surface area contributed by atoms with Crippen LogP contribution in [-0.2, 0) is 4.79 Å². The Morgan fingerprint density at radius 2 is 1.88 bits per heavy atom. The van der Waals surface area contributed by atoms with Crippen LogP contribution in [0, 0.1) is 0 Å². The number of piperazine rings is 1. The van der Waals surface area contributed by atoms with Gasteiger partial charge in [0.1, 0.15) is 0 Å². The first-order chi connectivity index (χ1) is 8.08. The van der Waals surface area contributed by atoms with E-state index >= 15 is 0 Å². The number of carbonyl (C=O) groups excluding carboxylic acids is 1. The van der Waals surface area contributed by atoms with Gasteiger partial charge in [-0.3, -0.25) is 10.2 Å². The quantitative estimate of drug-likeness (QED) is 0.558. The van der Waals surface area contributed by atoms with Gasteiger partial charge in [0, 0.05) is 39.1 Å². The number of urea groups is 1. The number of hydrogen-bond donors (Lipinski definition) is 3. The number of hydrazine groups is 1. The second-order valence-corrected chi connectivity index (χ2v) is 4.16. The first-order valence-corrected chi connectivity index (χ1v) is 5.77. The van der Waals surface area contributed by atoms with Crippen LogP contribution in [0.2, 0.25) is 0 Å². The number of hydrogen-bond acceptors (Lipinski definition) is 4. The smallest absolute Gasteiger partial charge is 0.329 e. The standard InChI is InChI=1S/C10H20N4O3/c1-13-5-7-14(8-6-13)12-10(17)11-4-2-3-9(15)16/h2-8H2,1H3,(H,15,16)(H2,11,12,17). The maximum Gasteiger partial charge on any atom is 0.329 e. The summed E-state index contributed by atoms with van der Waals surface area (Å²) in [5.74, 6) is -0.841. The van der Waals surface area contributed by atoms with Gasteiger partial charge < -0.3 is 15.3 Å². The number of carboxylic acid groups (broad SMARTS) is 1. The van der Waals surface area contributed by atoms with E-state index in [1.54, 1.807) is 0 Å². The van der Waals surface area contributed by atoms with Gasteiger partial charge in [-0.25, -0.2) is 9.80 Å². The predicted octanol–water partition coefficient (Wildman–Crippen LogP) is -0.687. The topological polar surface area (TPSA) is 84.9 Å². The van der Waals surface area contributed by atoms with Gasteiger partial charge in [-0.05, 0) is 13.5 Å². The van der Waals surface area contributed by atoms with Crippen LogP contribution in [0.3, 0.4) is 0 Å². The van der Waals surface area contributed by atoms with Crippen LogP contribution in [0.4, 0.5) is 4.79 Å². The van der Waals surface area contributed by atoms with Crippen molar-refractivity contribution in [2.45, 2.75) is 12.8 Å². The van der Waals surface area contributed by atoms with E-state index in [1.807, 2.05) is 12.1 Å². The average molecular weight is 244 g/mol. The Morgan fingerprint density at radius 3 is 2.47 bits per heavy atom. The Labute approximate surface area is 101 Å². The third-order valence-electron chi connectivity index (χ3n) is 2.62. The Kier molecular flexibility index (Phi) is 5.71. The number of carbonyl (C=O) groups is 2. The molecule has 0 atom stereocenters. The highest BCUT2D eigenvalue weighted by atomic mass is 16.4. The molecule has 1 saturated heterocycles. The van der Waals surface area contributed by atoms with Crippen LogP contribution in [0.25, 0.3) is 0 Å². The van der Waals surface area contributed by atoms with Gasteiger partial charge in [0.15, 0.2) is 0 Å². The molecular formula is C10H20N4O3. The molecule has 7 heteroatoms. The number of nitrogens with zero attached hydrogens (tertiary/aromatic N) is 2. The van der Waals surface area contributed by atoms with Crippen molar-refractivity contribution in [1.82, 2.24) is 20.7 Å². The minimum absolute atomic E-state index is 0.0782.